The third-order valence-corrected chi connectivity index (χ3v) is 2.45. The standard InChI is InChI=1S/C8H17NO2/c1-9(11-2)7-5-3-4-6-8(7)10/h7-8,10H,3-6H2,1-2H3. The van der Waals surface area contributed by atoms with E-state index in [1.807, 2.05) is 7.05 Å². The molecule has 66 valence electrons. The average Bonchev–Trinajstić information content (AvgIpc) is 2.04. The van der Waals surface area contributed by atoms with Gasteiger partial charge in [-0.05, 0) is 12.8 Å². The summed E-state index contributed by atoms with van der Waals surface area (Å²) in [5.74, 6) is 0. The summed E-state index contributed by atoms with van der Waals surface area (Å²) in [5, 5.41) is 11.3. The molecule has 1 N–H and O–H groups in total. The lowest BCUT2D eigenvalue weighted by Crippen LogP contribution is -2.42. The van der Waals surface area contributed by atoms with Gasteiger partial charge in [0.15, 0.2) is 0 Å². The molecule has 0 aromatic rings. The minimum Gasteiger partial charge on any atom is -0.391 e. The lowest BCUT2D eigenvalue weighted by Gasteiger charge is -2.33. The highest BCUT2D eigenvalue weighted by Gasteiger charge is 2.26. The number of rotatable bonds is 2. The molecular weight excluding hydrogens is 142 g/mol. The zero-order valence-corrected chi connectivity index (χ0v) is 7.29. The maximum absolute atomic E-state index is 9.55. The average molecular weight is 159 g/mol. The number of nitrogens with zero attached hydrogens (tertiary/aromatic N) is 1. The Morgan fingerprint density at radius 2 is 2.00 bits per heavy atom. The van der Waals surface area contributed by atoms with E-state index in [2.05, 4.69) is 0 Å². The van der Waals surface area contributed by atoms with Crippen LogP contribution in [-0.4, -0.2) is 36.5 Å². The molecule has 0 amide bonds. The van der Waals surface area contributed by atoms with Gasteiger partial charge in [0.25, 0.3) is 0 Å². The first-order chi connectivity index (χ1) is 5.25. The number of hydrogen-bond donors (Lipinski definition) is 1. The fourth-order valence-electron chi connectivity index (χ4n) is 1.65. The van der Waals surface area contributed by atoms with Crippen molar-refractivity contribution in [2.24, 2.45) is 0 Å². The first kappa shape index (κ1) is 8.97. The van der Waals surface area contributed by atoms with Crippen LogP contribution in [0.3, 0.4) is 0 Å². The molecule has 0 heterocycles. The monoisotopic (exact) mass is 159 g/mol. The highest BCUT2D eigenvalue weighted by atomic mass is 16.7. The molecule has 2 atom stereocenters. The molecule has 0 aromatic heterocycles. The van der Waals surface area contributed by atoms with Crippen LogP contribution >= 0.6 is 0 Å². The Hall–Kier alpha value is -0.120. The van der Waals surface area contributed by atoms with Gasteiger partial charge in [0.2, 0.25) is 0 Å². The van der Waals surface area contributed by atoms with Crippen molar-refractivity contribution in [3.05, 3.63) is 0 Å². The Bertz CT molecular complexity index is 115. The van der Waals surface area contributed by atoms with Crippen molar-refractivity contribution in [1.29, 1.82) is 0 Å². The van der Waals surface area contributed by atoms with Crippen LogP contribution in [0.5, 0.6) is 0 Å². The molecule has 1 rings (SSSR count). The van der Waals surface area contributed by atoms with E-state index in [4.69, 9.17) is 4.84 Å². The fraction of sp³-hybridized carbons (Fsp3) is 1.00. The van der Waals surface area contributed by atoms with Crippen molar-refractivity contribution >= 4 is 0 Å². The maximum Gasteiger partial charge on any atom is 0.0718 e. The van der Waals surface area contributed by atoms with Crippen molar-refractivity contribution in [2.45, 2.75) is 37.8 Å². The van der Waals surface area contributed by atoms with Crippen LogP contribution in [0.25, 0.3) is 0 Å². The van der Waals surface area contributed by atoms with Crippen LogP contribution in [0, 0.1) is 0 Å². The first-order valence-corrected chi connectivity index (χ1v) is 4.20. The van der Waals surface area contributed by atoms with Gasteiger partial charge in [-0.3, -0.25) is 0 Å². The van der Waals surface area contributed by atoms with Gasteiger partial charge in [-0.25, -0.2) is 0 Å². The quantitative estimate of drug-likeness (QED) is 0.604. The summed E-state index contributed by atoms with van der Waals surface area (Å²) in [6, 6.07) is 0.203. The summed E-state index contributed by atoms with van der Waals surface area (Å²) in [5.41, 5.74) is 0. The van der Waals surface area contributed by atoms with Gasteiger partial charge in [-0.2, -0.15) is 5.06 Å². The van der Waals surface area contributed by atoms with E-state index in [0.29, 0.717) is 0 Å². The molecule has 1 aliphatic carbocycles. The molecule has 1 saturated carbocycles. The Balaban J connectivity index is 2.40. The summed E-state index contributed by atoms with van der Waals surface area (Å²) in [6.45, 7) is 0. The Labute approximate surface area is 67.9 Å². The van der Waals surface area contributed by atoms with Gasteiger partial charge >= 0.3 is 0 Å². The zero-order valence-electron chi connectivity index (χ0n) is 7.29. The number of likely N-dealkylation sites (N-methyl/N-ethyl adjacent to an activating group) is 1. The van der Waals surface area contributed by atoms with Gasteiger partial charge < -0.3 is 9.94 Å². The molecule has 1 aliphatic rings. The third kappa shape index (κ3) is 2.15. The van der Waals surface area contributed by atoms with E-state index in [0.717, 1.165) is 19.3 Å². The van der Waals surface area contributed by atoms with Crippen molar-refractivity contribution in [2.75, 3.05) is 14.2 Å². The lowest BCUT2D eigenvalue weighted by molar-refractivity contribution is -0.173. The van der Waals surface area contributed by atoms with Crippen LogP contribution < -0.4 is 0 Å². The topological polar surface area (TPSA) is 32.7 Å². The normalized spacial score (nSPS) is 32.7. The van der Waals surface area contributed by atoms with Crippen LogP contribution in [0.1, 0.15) is 25.7 Å². The zero-order chi connectivity index (χ0) is 8.27. The third-order valence-electron chi connectivity index (χ3n) is 2.45. The molecule has 0 radical (unpaired) electrons. The second-order valence-electron chi connectivity index (χ2n) is 3.15. The van der Waals surface area contributed by atoms with E-state index in [9.17, 15) is 5.11 Å². The predicted octanol–water partition coefficient (Wildman–Crippen LogP) is 0.783. The van der Waals surface area contributed by atoms with Crippen LogP contribution in [-0.2, 0) is 4.84 Å². The van der Waals surface area contributed by atoms with Crippen LogP contribution in [0.15, 0.2) is 0 Å². The van der Waals surface area contributed by atoms with Gasteiger partial charge in [-0.15, -0.1) is 0 Å². The van der Waals surface area contributed by atoms with Crippen molar-refractivity contribution in [3.8, 4) is 0 Å². The molecule has 1 fully saturated rings. The van der Waals surface area contributed by atoms with Crippen LogP contribution in [0.2, 0.25) is 0 Å². The molecule has 2 unspecified atom stereocenters. The minimum absolute atomic E-state index is 0.200. The first-order valence-electron chi connectivity index (χ1n) is 4.20. The number of aliphatic hydroxyl groups excluding tert-OH is 1. The van der Waals surface area contributed by atoms with Gasteiger partial charge in [0.05, 0.1) is 19.3 Å². The van der Waals surface area contributed by atoms with Crippen molar-refractivity contribution in [3.63, 3.8) is 0 Å². The summed E-state index contributed by atoms with van der Waals surface area (Å²) >= 11 is 0. The van der Waals surface area contributed by atoms with Gasteiger partial charge in [-0.1, -0.05) is 12.8 Å². The minimum atomic E-state index is -0.200. The SMILES string of the molecule is CON(C)C1CCCCC1O. The number of hydroxylamine groups is 2. The summed E-state index contributed by atoms with van der Waals surface area (Å²) in [7, 11) is 3.51. The Kier molecular flexibility index (Phi) is 3.30. The number of aliphatic hydroxyl groups is 1. The summed E-state index contributed by atoms with van der Waals surface area (Å²) in [6.07, 6.45) is 4.11. The highest BCUT2D eigenvalue weighted by molar-refractivity contribution is 4.78. The second kappa shape index (κ2) is 4.04. The van der Waals surface area contributed by atoms with E-state index in [1.165, 1.54) is 6.42 Å². The fourth-order valence-corrected chi connectivity index (χ4v) is 1.65. The Morgan fingerprint density at radius 1 is 1.36 bits per heavy atom. The lowest BCUT2D eigenvalue weighted by atomic mass is 9.93. The van der Waals surface area contributed by atoms with E-state index < -0.39 is 0 Å². The molecule has 3 heteroatoms. The van der Waals surface area contributed by atoms with Gasteiger partial charge in [0, 0.05) is 7.05 Å². The van der Waals surface area contributed by atoms with Crippen LogP contribution in [0.4, 0.5) is 0 Å². The smallest absolute Gasteiger partial charge is 0.0718 e. The molecule has 0 aromatic carbocycles. The molecule has 0 bridgehead atoms. The van der Waals surface area contributed by atoms with Crippen molar-refractivity contribution < 1.29 is 9.94 Å². The van der Waals surface area contributed by atoms with E-state index >= 15 is 0 Å². The molecule has 0 saturated heterocycles. The van der Waals surface area contributed by atoms with Crippen molar-refractivity contribution in [1.82, 2.24) is 5.06 Å². The predicted molar refractivity (Wildman–Crippen MR) is 43.0 cm³/mol. The summed E-state index contributed by atoms with van der Waals surface area (Å²) in [4.78, 5) is 5.03. The second-order valence-corrected chi connectivity index (χ2v) is 3.15. The van der Waals surface area contributed by atoms with E-state index in [-0.39, 0.29) is 12.1 Å². The molecule has 3 nitrogen and oxygen atoms in total. The molecule has 0 aliphatic heterocycles. The summed E-state index contributed by atoms with van der Waals surface area (Å²) < 4.78 is 0. The Morgan fingerprint density at radius 3 is 2.55 bits per heavy atom. The van der Waals surface area contributed by atoms with E-state index in [1.54, 1.807) is 12.2 Å². The maximum atomic E-state index is 9.55. The highest BCUT2D eigenvalue weighted by Crippen LogP contribution is 2.21. The molecule has 0 spiro atoms. The molecular formula is C8H17NO2. The van der Waals surface area contributed by atoms with Gasteiger partial charge in [0.1, 0.15) is 0 Å². The molecule has 11 heavy (non-hydrogen) atoms. The number of hydrogen-bond acceptors (Lipinski definition) is 3. The largest absolute Gasteiger partial charge is 0.391 e.